The van der Waals surface area contributed by atoms with Crippen molar-refractivity contribution in [1.82, 2.24) is 14.9 Å². The van der Waals surface area contributed by atoms with E-state index in [0.29, 0.717) is 18.2 Å². The third-order valence-electron chi connectivity index (χ3n) is 4.88. The van der Waals surface area contributed by atoms with E-state index in [2.05, 4.69) is 27.1 Å². The number of ether oxygens (including phenoxy) is 1. The number of morpholine rings is 1. The highest BCUT2D eigenvalue weighted by molar-refractivity contribution is 5.70. The predicted molar refractivity (Wildman–Crippen MR) is 95.1 cm³/mol. The van der Waals surface area contributed by atoms with Crippen molar-refractivity contribution < 1.29 is 9.66 Å². The summed E-state index contributed by atoms with van der Waals surface area (Å²) >= 11 is 0. The van der Waals surface area contributed by atoms with Gasteiger partial charge in [0, 0.05) is 38.8 Å². The third-order valence-corrected chi connectivity index (χ3v) is 4.88. The van der Waals surface area contributed by atoms with Crippen molar-refractivity contribution in [2.45, 2.75) is 32.2 Å². The molecule has 9 heteroatoms. The van der Waals surface area contributed by atoms with Crippen LogP contribution >= 0.6 is 0 Å². The fourth-order valence-corrected chi connectivity index (χ4v) is 3.45. The summed E-state index contributed by atoms with van der Waals surface area (Å²) in [5.41, 5.74) is -0.0155. The van der Waals surface area contributed by atoms with Gasteiger partial charge in [0.1, 0.15) is 6.33 Å². The van der Waals surface area contributed by atoms with Gasteiger partial charge in [-0.3, -0.25) is 15.0 Å². The fourth-order valence-electron chi connectivity index (χ4n) is 3.45. The molecule has 2 aliphatic heterocycles. The normalized spacial score (nSPS) is 22.0. The van der Waals surface area contributed by atoms with Crippen LogP contribution in [0.3, 0.4) is 0 Å². The number of nitrogens with zero attached hydrogens (tertiary/aromatic N) is 5. The monoisotopic (exact) mass is 350 g/mol. The molecule has 0 saturated carbocycles. The van der Waals surface area contributed by atoms with Gasteiger partial charge in [0.15, 0.2) is 0 Å². The molecule has 2 saturated heterocycles. The van der Waals surface area contributed by atoms with E-state index >= 15 is 0 Å². The Morgan fingerprint density at radius 1 is 1.32 bits per heavy atom. The minimum absolute atomic E-state index is 0.0155. The Labute approximate surface area is 147 Å². The maximum absolute atomic E-state index is 11.7. The van der Waals surface area contributed by atoms with Crippen LogP contribution in [0.15, 0.2) is 6.33 Å². The van der Waals surface area contributed by atoms with E-state index in [-0.39, 0.29) is 16.7 Å². The zero-order valence-corrected chi connectivity index (χ0v) is 14.7. The molecule has 3 heterocycles. The second-order valence-electron chi connectivity index (χ2n) is 6.57. The maximum Gasteiger partial charge on any atom is 0.353 e. The van der Waals surface area contributed by atoms with Crippen LogP contribution in [-0.2, 0) is 4.74 Å². The van der Waals surface area contributed by atoms with Crippen LogP contribution in [-0.4, -0.2) is 71.8 Å². The van der Waals surface area contributed by atoms with Gasteiger partial charge in [-0.2, -0.15) is 0 Å². The number of nitrogens with one attached hydrogen (secondary N) is 1. The summed E-state index contributed by atoms with van der Waals surface area (Å²) in [6, 6.07) is 0.253. The van der Waals surface area contributed by atoms with Gasteiger partial charge in [0.05, 0.1) is 18.1 Å². The molecular formula is C16H26N6O3. The van der Waals surface area contributed by atoms with Crippen molar-refractivity contribution in [1.29, 1.82) is 0 Å². The third kappa shape index (κ3) is 4.35. The Balaban J connectivity index is 1.72. The molecule has 0 aliphatic carbocycles. The van der Waals surface area contributed by atoms with Gasteiger partial charge in [-0.15, -0.1) is 0 Å². The van der Waals surface area contributed by atoms with E-state index in [1.807, 2.05) is 4.90 Å². The Morgan fingerprint density at radius 3 is 2.84 bits per heavy atom. The zero-order valence-electron chi connectivity index (χ0n) is 14.7. The molecule has 0 bridgehead atoms. The van der Waals surface area contributed by atoms with Crippen molar-refractivity contribution in [2.24, 2.45) is 0 Å². The number of nitro groups is 1. The summed E-state index contributed by atoms with van der Waals surface area (Å²) in [5, 5.41) is 14.8. The van der Waals surface area contributed by atoms with E-state index < -0.39 is 0 Å². The topological polar surface area (TPSA) is 96.7 Å². The SMILES string of the molecule is CC1CCCCN1c1ncnc(NCCN2CCOCC2)c1[N+](=O)[O-]. The highest BCUT2D eigenvalue weighted by Crippen LogP contribution is 2.34. The van der Waals surface area contributed by atoms with Crippen LogP contribution < -0.4 is 10.2 Å². The van der Waals surface area contributed by atoms with Crippen LogP contribution in [0.4, 0.5) is 17.3 Å². The number of aromatic nitrogens is 2. The highest BCUT2D eigenvalue weighted by Gasteiger charge is 2.30. The molecule has 0 radical (unpaired) electrons. The molecule has 3 rings (SSSR count). The molecule has 25 heavy (non-hydrogen) atoms. The number of rotatable bonds is 6. The summed E-state index contributed by atoms with van der Waals surface area (Å²) in [7, 11) is 0. The molecule has 138 valence electrons. The van der Waals surface area contributed by atoms with E-state index in [1.54, 1.807) is 0 Å². The smallest absolute Gasteiger partial charge is 0.353 e. The molecule has 1 aromatic rings. The minimum Gasteiger partial charge on any atom is -0.379 e. The average molecular weight is 350 g/mol. The van der Waals surface area contributed by atoms with Crippen molar-refractivity contribution in [3.05, 3.63) is 16.4 Å². The maximum atomic E-state index is 11.7. The number of piperidine rings is 1. The van der Waals surface area contributed by atoms with Crippen molar-refractivity contribution in [3.8, 4) is 0 Å². The molecule has 1 atom stereocenters. The summed E-state index contributed by atoms with van der Waals surface area (Å²) in [6.45, 7) is 7.57. The van der Waals surface area contributed by atoms with Crippen LogP contribution in [0.1, 0.15) is 26.2 Å². The van der Waals surface area contributed by atoms with Crippen molar-refractivity contribution in [3.63, 3.8) is 0 Å². The van der Waals surface area contributed by atoms with Crippen LogP contribution in [0.2, 0.25) is 0 Å². The van der Waals surface area contributed by atoms with Crippen LogP contribution in [0.25, 0.3) is 0 Å². The molecule has 0 spiro atoms. The highest BCUT2D eigenvalue weighted by atomic mass is 16.6. The van der Waals surface area contributed by atoms with Crippen molar-refractivity contribution >= 4 is 17.3 Å². The minimum atomic E-state index is -0.367. The fraction of sp³-hybridized carbons (Fsp3) is 0.750. The molecule has 2 fully saturated rings. The Morgan fingerprint density at radius 2 is 2.12 bits per heavy atom. The first kappa shape index (κ1) is 17.8. The van der Waals surface area contributed by atoms with Gasteiger partial charge in [-0.1, -0.05) is 0 Å². The summed E-state index contributed by atoms with van der Waals surface area (Å²) in [6.07, 6.45) is 4.63. The first-order valence-electron chi connectivity index (χ1n) is 8.97. The molecule has 1 N–H and O–H groups in total. The second-order valence-corrected chi connectivity index (χ2v) is 6.57. The molecular weight excluding hydrogens is 324 g/mol. The molecule has 9 nitrogen and oxygen atoms in total. The van der Waals surface area contributed by atoms with Gasteiger partial charge in [-0.05, 0) is 26.2 Å². The molecule has 0 aromatic carbocycles. The summed E-state index contributed by atoms with van der Waals surface area (Å²) in [5.74, 6) is 0.738. The lowest BCUT2D eigenvalue weighted by Crippen LogP contribution is -2.39. The summed E-state index contributed by atoms with van der Waals surface area (Å²) in [4.78, 5) is 24.0. The quantitative estimate of drug-likeness (QED) is 0.609. The largest absolute Gasteiger partial charge is 0.379 e. The van der Waals surface area contributed by atoms with E-state index in [9.17, 15) is 10.1 Å². The lowest BCUT2D eigenvalue weighted by Gasteiger charge is -2.34. The Kier molecular flexibility index (Phi) is 5.98. The van der Waals surface area contributed by atoms with Crippen molar-refractivity contribution in [2.75, 3.05) is 56.2 Å². The molecule has 1 aromatic heterocycles. The van der Waals surface area contributed by atoms with Gasteiger partial charge in [0.2, 0.25) is 11.6 Å². The van der Waals surface area contributed by atoms with E-state index in [4.69, 9.17) is 4.74 Å². The van der Waals surface area contributed by atoms with E-state index in [0.717, 1.165) is 58.7 Å². The van der Waals surface area contributed by atoms with Crippen LogP contribution in [0.5, 0.6) is 0 Å². The predicted octanol–water partition coefficient (Wildman–Crippen LogP) is 1.51. The van der Waals surface area contributed by atoms with Gasteiger partial charge in [0.25, 0.3) is 0 Å². The van der Waals surface area contributed by atoms with Gasteiger partial charge < -0.3 is 15.0 Å². The number of hydrogen-bond acceptors (Lipinski definition) is 8. The zero-order chi connectivity index (χ0) is 17.6. The van der Waals surface area contributed by atoms with E-state index in [1.165, 1.54) is 6.33 Å². The summed E-state index contributed by atoms with van der Waals surface area (Å²) < 4.78 is 5.33. The molecule has 0 amide bonds. The lowest BCUT2D eigenvalue weighted by molar-refractivity contribution is -0.383. The average Bonchev–Trinajstić information content (AvgIpc) is 2.62. The lowest BCUT2D eigenvalue weighted by atomic mass is 10.0. The Bertz CT molecular complexity index is 593. The van der Waals surface area contributed by atoms with Gasteiger partial charge >= 0.3 is 5.69 Å². The standard InChI is InChI=1S/C16H26N6O3/c1-13-4-2-3-6-21(13)16-14(22(23)24)15(18-12-19-16)17-5-7-20-8-10-25-11-9-20/h12-13H,2-11H2,1H3,(H,17,18,19). The molecule has 2 aliphatic rings. The van der Waals surface area contributed by atoms with Gasteiger partial charge in [-0.25, -0.2) is 9.97 Å². The number of anilines is 2. The first-order valence-corrected chi connectivity index (χ1v) is 8.97. The second kappa shape index (κ2) is 8.39. The first-order chi connectivity index (χ1) is 12.2. The van der Waals surface area contributed by atoms with Crippen LogP contribution in [0, 0.1) is 10.1 Å². The Hall–Kier alpha value is -2.00. The number of hydrogen-bond donors (Lipinski definition) is 1. The molecule has 1 unspecified atom stereocenters.